The van der Waals surface area contributed by atoms with E-state index in [0.29, 0.717) is 6.04 Å². The smallest absolute Gasteiger partial charge is 0.0514 e. The molecule has 4 atom stereocenters. The molecule has 0 amide bonds. The third-order valence-corrected chi connectivity index (χ3v) is 4.85. The average molecular weight is 281 g/mol. The molecule has 1 fully saturated rings. The van der Waals surface area contributed by atoms with Gasteiger partial charge in [0.05, 0.1) is 6.04 Å². The molecule has 2 nitrogen and oxygen atoms in total. The molecule has 0 bridgehead atoms. The van der Waals surface area contributed by atoms with Crippen molar-refractivity contribution < 1.29 is 0 Å². The molecule has 1 saturated heterocycles. The summed E-state index contributed by atoms with van der Waals surface area (Å²) in [6.45, 7) is 7.85. The minimum Gasteiger partial charge on any atom is -0.326 e. The fourth-order valence-corrected chi connectivity index (χ4v) is 3.49. The number of nitrogens with zero attached hydrogens (tertiary/aromatic N) is 1. The summed E-state index contributed by atoms with van der Waals surface area (Å²) in [5.41, 5.74) is 7.44. The van der Waals surface area contributed by atoms with Crippen LogP contribution in [-0.4, -0.2) is 23.5 Å². The molecule has 1 aliphatic heterocycles. The summed E-state index contributed by atoms with van der Waals surface area (Å²) in [6, 6.07) is 8.95. The molecule has 1 aromatic rings. The molecule has 0 saturated carbocycles. The molecular formula is C16H25ClN2. The van der Waals surface area contributed by atoms with E-state index in [9.17, 15) is 0 Å². The topological polar surface area (TPSA) is 29.3 Å². The maximum atomic E-state index is 6.38. The van der Waals surface area contributed by atoms with E-state index >= 15 is 0 Å². The molecule has 19 heavy (non-hydrogen) atoms. The van der Waals surface area contributed by atoms with E-state index in [-0.39, 0.29) is 12.1 Å². The number of halogens is 1. The van der Waals surface area contributed by atoms with E-state index in [1.165, 1.54) is 18.4 Å². The summed E-state index contributed by atoms with van der Waals surface area (Å²) in [6.07, 6.45) is 2.56. The van der Waals surface area contributed by atoms with Crippen LogP contribution in [0.5, 0.6) is 0 Å². The van der Waals surface area contributed by atoms with E-state index in [0.717, 1.165) is 17.5 Å². The molecular weight excluding hydrogens is 256 g/mol. The first-order valence-electron chi connectivity index (χ1n) is 7.28. The highest BCUT2D eigenvalue weighted by atomic mass is 35.5. The standard InChI is InChI=1S/C16H25ClN2/c1-11-7-6-10-19(13(11)3)16(12(2)18)14-8-4-5-9-15(14)17/h4-5,8-9,11-13,16H,6-7,10,18H2,1-3H3. The van der Waals surface area contributed by atoms with Crippen molar-refractivity contribution >= 4 is 11.6 Å². The van der Waals surface area contributed by atoms with Crippen molar-refractivity contribution in [2.75, 3.05) is 6.54 Å². The van der Waals surface area contributed by atoms with Gasteiger partial charge in [-0.05, 0) is 50.8 Å². The molecule has 1 heterocycles. The number of hydrogen-bond donors (Lipinski definition) is 1. The summed E-state index contributed by atoms with van der Waals surface area (Å²) in [7, 11) is 0. The Bertz CT molecular complexity index is 419. The van der Waals surface area contributed by atoms with Crippen LogP contribution in [0.4, 0.5) is 0 Å². The van der Waals surface area contributed by atoms with E-state index in [2.05, 4.69) is 37.8 Å². The van der Waals surface area contributed by atoms with Crippen molar-refractivity contribution in [3.8, 4) is 0 Å². The van der Waals surface area contributed by atoms with Gasteiger partial charge in [-0.15, -0.1) is 0 Å². The van der Waals surface area contributed by atoms with Crippen LogP contribution in [0.25, 0.3) is 0 Å². The molecule has 106 valence electrons. The number of rotatable bonds is 3. The second kappa shape index (κ2) is 6.25. The largest absolute Gasteiger partial charge is 0.326 e. The lowest BCUT2D eigenvalue weighted by molar-refractivity contribution is 0.0580. The third-order valence-electron chi connectivity index (χ3n) is 4.50. The average Bonchev–Trinajstić information content (AvgIpc) is 2.37. The highest BCUT2D eigenvalue weighted by Crippen LogP contribution is 2.35. The molecule has 0 radical (unpaired) electrons. The summed E-state index contributed by atoms with van der Waals surface area (Å²) < 4.78 is 0. The Hall–Kier alpha value is -0.570. The summed E-state index contributed by atoms with van der Waals surface area (Å²) in [5.74, 6) is 0.720. The Morgan fingerprint density at radius 2 is 2.00 bits per heavy atom. The van der Waals surface area contributed by atoms with Crippen molar-refractivity contribution in [1.82, 2.24) is 4.90 Å². The molecule has 1 aromatic carbocycles. The summed E-state index contributed by atoms with van der Waals surface area (Å²) >= 11 is 6.38. The maximum Gasteiger partial charge on any atom is 0.0514 e. The Morgan fingerprint density at radius 3 is 2.63 bits per heavy atom. The van der Waals surface area contributed by atoms with Gasteiger partial charge in [0.2, 0.25) is 0 Å². The lowest BCUT2D eigenvalue weighted by atomic mass is 9.87. The van der Waals surface area contributed by atoms with Crippen LogP contribution in [0.2, 0.25) is 5.02 Å². The van der Waals surface area contributed by atoms with E-state index in [1.807, 2.05) is 12.1 Å². The Morgan fingerprint density at radius 1 is 1.32 bits per heavy atom. The number of nitrogens with two attached hydrogens (primary N) is 1. The van der Waals surface area contributed by atoms with Crippen molar-refractivity contribution in [1.29, 1.82) is 0 Å². The molecule has 2 rings (SSSR count). The molecule has 2 N–H and O–H groups in total. The second-order valence-electron chi connectivity index (χ2n) is 5.92. The second-order valence-corrected chi connectivity index (χ2v) is 6.33. The molecule has 3 heteroatoms. The van der Waals surface area contributed by atoms with E-state index in [1.54, 1.807) is 0 Å². The quantitative estimate of drug-likeness (QED) is 0.911. The number of likely N-dealkylation sites (tertiary alicyclic amines) is 1. The van der Waals surface area contributed by atoms with E-state index < -0.39 is 0 Å². The van der Waals surface area contributed by atoms with Crippen LogP contribution >= 0.6 is 11.6 Å². The normalized spacial score (nSPS) is 28.1. The van der Waals surface area contributed by atoms with Gasteiger partial charge in [0.25, 0.3) is 0 Å². The van der Waals surface area contributed by atoms with Crippen LogP contribution in [0.15, 0.2) is 24.3 Å². The van der Waals surface area contributed by atoms with Crippen LogP contribution in [0.3, 0.4) is 0 Å². The van der Waals surface area contributed by atoms with Crippen molar-refractivity contribution in [3.63, 3.8) is 0 Å². The van der Waals surface area contributed by atoms with Gasteiger partial charge in [-0.1, -0.05) is 36.7 Å². The number of hydrogen-bond acceptors (Lipinski definition) is 2. The zero-order valence-electron chi connectivity index (χ0n) is 12.1. The SMILES string of the molecule is CC(N)C(c1ccccc1Cl)N1CCCC(C)C1C. The van der Waals surface area contributed by atoms with Gasteiger partial charge < -0.3 is 5.73 Å². The van der Waals surface area contributed by atoms with Crippen LogP contribution < -0.4 is 5.73 Å². The Labute approximate surface area is 121 Å². The zero-order valence-corrected chi connectivity index (χ0v) is 12.9. The van der Waals surface area contributed by atoms with Crippen LogP contribution in [0.1, 0.15) is 45.2 Å². The fraction of sp³-hybridized carbons (Fsp3) is 0.625. The highest BCUT2D eigenvalue weighted by molar-refractivity contribution is 6.31. The Balaban J connectivity index is 2.33. The minimum atomic E-state index is 0.0765. The van der Waals surface area contributed by atoms with Gasteiger partial charge in [0, 0.05) is 17.1 Å². The number of benzene rings is 1. The monoisotopic (exact) mass is 280 g/mol. The molecule has 4 unspecified atom stereocenters. The van der Waals surface area contributed by atoms with Gasteiger partial charge in [-0.3, -0.25) is 4.90 Å². The molecule has 0 aromatic heterocycles. The van der Waals surface area contributed by atoms with Crippen LogP contribution in [0, 0.1) is 5.92 Å². The first kappa shape index (κ1) is 14.8. The molecule has 1 aliphatic rings. The van der Waals surface area contributed by atoms with E-state index in [4.69, 9.17) is 17.3 Å². The summed E-state index contributed by atoms with van der Waals surface area (Å²) in [5, 5.41) is 0.829. The van der Waals surface area contributed by atoms with Gasteiger partial charge in [0.1, 0.15) is 0 Å². The zero-order chi connectivity index (χ0) is 14.0. The Kier molecular flexibility index (Phi) is 4.88. The van der Waals surface area contributed by atoms with Gasteiger partial charge in [-0.25, -0.2) is 0 Å². The van der Waals surface area contributed by atoms with Crippen molar-refractivity contribution in [2.45, 2.75) is 51.7 Å². The predicted molar refractivity (Wildman–Crippen MR) is 82.4 cm³/mol. The molecule has 0 spiro atoms. The molecule has 0 aliphatic carbocycles. The lowest BCUT2D eigenvalue weighted by Gasteiger charge is -2.44. The maximum absolute atomic E-state index is 6.38. The fourth-order valence-electron chi connectivity index (χ4n) is 3.24. The van der Waals surface area contributed by atoms with Gasteiger partial charge in [-0.2, -0.15) is 0 Å². The minimum absolute atomic E-state index is 0.0765. The van der Waals surface area contributed by atoms with Gasteiger partial charge in [0.15, 0.2) is 0 Å². The third kappa shape index (κ3) is 3.13. The summed E-state index contributed by atoms with van der Waals surface area (Å²) in [4.78, 5) is 2.54. The van der Waals surface area contributed by atoms with Gasteiger partial charge >= 0.3 is 0 Å². The first-order chi connectivity index (χ1) is 9.02. The van der Waals surface area contributed by atoms with Crippen molar-refractivity contribution in [3.05, 3.63) is 34.9 Å². The van der Waals surface area contributed by atoms with Crippen molar-refractivity contribution in [2.24, 2.45) is 11.7 Å². The number of piperidine rings is 1. The predicted octanol–water partition coefficient (Wildman–Crippen LogP) is 3.85. The highest BCUT2D eigenvalue weighted by Gasteiger charge is 2.33. The lowest BCUT2D eigenvalue weighted by Crippen LogP contribution is -2.49. The first-order valence-corrected chi connectivity index (χ1v) is 7.66. The van der Waals surface area contributed by atoms with Crippen LogP contribution in [-0.2, 0) is 0 Å².